The van der Waals surface area contributed by atoms with E-state index in [1.54, 1.807) is 0 Å². The first-order valence-corrected chi connectivity index (χ1v) is 6.95. The topological polar surface area (TPSA) is 58.1 Å². The fourth-order valence-electron chi connectivity index (χ4n) is 2.64. The first-order valence-electron chi connectivity index (χ1n) is 6.95. The molecule has 104 valence electrons. The number of nitrogens with zero attached hydrogens (tertiary/aromatic N) is 3. The molecule has 1 N–H and O–H groups in total. The molecule has 1 aromatic carbocycles. The van der Waals surface area contributed by atoms with Crippen molar-refractivity contribution in [3.8, 4) is 0 Å². The highest BCUT2D eigenvalue weighted by Crippen LogP contribution is 2.23. The maximum atomic E-state index is 12.2. The second-order valence-corrected chi connectivity index (χ2v) is 5.15. The molecule has 1 aromatic heterocycles. The molecule has 0 saturated carbocycles. The van der Waals surface area contributed by atoms with Gasteiger partial charge in [0.2, 0.25) is 5.91 Å². The lowest BCUT2D eigenvalue weighted by molar-refractivity contribution is -0.128. The molecule has 5 heteroatoms. The van der Waals surface area contributed by atoms with Gasteiger partial charge in [-0.05, 0) is 32.4 Å². The lowest BCUT2D eigenvalue weighted by Crippen LogP contribution is -2.33. The minimum Gasteiger partial charge on any atom is -0.358 e. The van der Waals surface area contributed by atoms with Crippen LogP contribution in [0, 0.1) is 6.92 Å². The Morgan fingerprint density at radius 2 is 2.25 bits per heavy atom. The molecule has 0 aliphatic carbocycles. The second kappa shape index (κ2) is 5.07. The average Bonchev–Trinajstić information content (AvgIpc) is 2.80. The molecule has 0 radical (unpaired) electrons. The van der Waals surface area contributed by atoms with Crippen molar-refractivity contribution in [3.05, 3.63) is 30.1 Å². The summed E-state index contributed by atoms with van der Waals surface area (Å²) in [6.45, 7) is 5.62. The van der Waals surface area contributed by atoms with Crippen molar-refractivity contribution in [3.63, 3.8) is 0 Å². The van der Waals surface area contributed by atoms with Crippen molar-refractivity contribution in [1.82, 2.24) is 14.9 Å². The van der Waals surface area contributed by atoms with E-state index in [1.165, 1.54) is 6.33 Å². The molecule has 1 saturated heterocycles. The summed E-state index contributed by atoms with van der Waals surface area (Å²) in [4.78, 5) is 22.6. The molecule has 2 heterocycles. The summed E-state index contributed by atoms with van der Waals surface area (Å²) in [5, 5.41) is 4.25. The van der Waals surface area contributed by atoms with Gasteiger partial charge >= 0.3 is 0 Å². The molecule has 1 aliphatic rings. The van der Waals surface area contributed by atoms with Crippen LogP contribution in [0.5, 0.6) is 0 Å². The van der Waals surface area contributed by atoms with Crippen LogP contribution >= 0.6 is 0 Å². The highest BCUT2D eigenvalue weighted by molar-refractivity contribution is 5.93. The van der Waals surface area contributed by atoms with Gasteiger partial charge in [0.15, 0.2) is 0 Å². The third-order valence-corrected chi connectivity index (χ3v) is 3.78. The lowest BCUT2D eigenvalue weighted by atomic mass is 10.1. The quantitative estimate of drug-likeness (QED) is 0.926. The van der Waals surface area contributed by atoms with Gasteiger partial charge in [-0.1, -0.05) is 11.6 Å². The van der Waals surface area contributed by atoms with E-state index in [0.29, 0.717) is 0 Å². The Bertz CT molecular complexity index is 655. The number of hydrogen-bond donors (Lipinski definition) is 1. The van der Waals surface area contributed by atoms with E-state index in [4.69, 9.17) is 0 Å². The van der Waals surface area contributed by atoms with E-state index in [1.807, 2.05) is 30.9 Å². The fraction of sp³-hybridized carbons (Fsp3) is 0.400. The van der Waals surface area contributed by atoms with Crippen molar-refractivity contribution in [2.24, 2.45) is 0 Å². The lowest BCUT2D eigenvalue weighted by Gasteiger charge is -2.16. The number of hydrogen-bond acceptors (Lipinski definition) is 4. The number of amides is 1. The summed E-state index contributed by atoms with van der Waals surface area (Å²) >= 11 is 0. The molecular formula is C15H18N4O. The molecule has 0 bridgehead atoms. The van der Waals surface area contributed by atoms with Crippen LogP contribution in [0.3, 0.4) is 0 Å². The smallest absolute Gasteiger partial charge is 0.245 e. The Kier molecular flexibility index (Phi) is 3.26. The first kappa shape index (κ1) is 12.8. The molecule has 1 unspecified atom stereocenters. The molecule has 1 atom stereocenters. The van der Waals surface area contributed by atoms with Gasteiger partial charge in [-0.15, -0.1) is 0 Å². The highest BCUT2D eigenvalue weighted by atomic mass is 16.2. The number of likely N-dealkylation sites (tertiary alicyclic amines) is 1. The Hall–Kier alpha value is -2.17. The van der Waals surface area contributed by atoms with Gasteiger partial charge in [-0.25, -0.2) is 9.97 Å². The van der Waals surface area contributed by atoms with Crippen molar-refractivity contribution in [2.45, 2.75) is 26.3 Å². The summed E-state index contributed by atoms with van der Waals surface area (Å²) in [5.41, 5.74) is 2.05. The third kappa shape index (κ3) is 2.19. The largest absolute Gasteiger partial charge is 0.358 e. The zero-order chi connectivity index (χ0) is 14.1. The van der Waals surface area contributed by atoms with Crippen molar-refractivity contribution in [2.75, 3.05) is 18.4 Å². The van der Waals surface area contributed by atoms with Crippen molar-refractivity contribution in [1.29, 1.82) is 0 Å². The summed E-state index contributed by atoms with van der Waals surface area (Å²) < 4.78 is 0. The molecule has 1 fully saturated rings. The van der Waals surface area contributed by atoms with Gasteiger partial charge in [-0.3, -0.25) is 4.79 Å². The number of benzene rings is 1. The number of fused-ring (bicyclic) bond motifs is 1. The predicted octanol–water partition coefficient (Wildman–Crippen LogP) is 1.97. The van der Waals surface area contributed by atoms with E-state index in [-0.39, 0.29) is 11.9 Å². The van der Waals surface area contributed by atoms with Gasteiger partial charge < -0.3 is 10.2 Å². The van der Waals surface area contributed by atoms with Crippen molar-refractivity contribution >= 4 is 22.6 Å². The van der Waals surface area contributed by atoms with Crippen LogP contribution < -0.4 is 5.32 Å². The molecule has 0 spiro atoms. The van der Waals surface area contributed by atoms with E-state index in [2.05, 4.69) is 21.4 Å². The van der Waals surface area contributed by atoms with Gasteiger partial charge in [0, 0.05) is 18.5 Å². The zero-order valence-electron chi connectivity index (χ0n) is 11.8. The Morgan fingerprint density at radius 1 is 1.40 bits per heavy atom. The maximum Gasteiger partial charge on any atom is 0.245 e. The fourth-order valence-corrected chi connectivity index (χ4v) is 2.64. The van der Waals surface area contributed by atoms with Crippen LogP contribution in [-0.4, -0.2) is 39.9 Å². The molecule has 3 rings (SSSR count). The van der Waals surface area contributed by atoms with Crippen LogP contribution in [0.15, 0.2) is 24.5 Å². The van der Waals surface area contributed by atoms with Gasteiger partial charge in [-0.2, -0.15) is 0 Å². The highest BCUT2D eigenvalue weighted by Gasteiger charge is 2.30. The SMILES string of the molecule is CCN1CCC(Nc2ncnc3ccc(C)cc23)C1=O. The number of anilines is 1. The second-order valence-electron chi connectivity index (χ2n) is 5.15. The summed E-state index contributed by atoms with van der Waals surface area (Å²) in [6, 6.07) is 5.88. The van der Waals surface area contributed by atoms with Crippen LogP contribution in [0.25, 0.3) is 10.9 Å². The Labute approximate surface area is 118 Å². The average molecular weight is 270 g/mol. The summed E-state index contributed by atoms with van der Waals surface area (Å²) in [5.74, 6) is 0.905. The third-order valence-electron chi connectivity index (χ3n) is 3.78. The first-order chi connectivity index (χ1) is 9.69. The molecule has 20 heavy (non-hydrogen) atoms. The number of aromatic nitrogens is 2. The Morgan fingerprint density at radius 3 is 3.00 bits per heavy atom. The standard InChI is InChI=1S/C15H18N4O/c1-3-19-7-6-13(15(19)20)18-14-11-8-10(2)4-5-12(11)16-9-17-14/h4-5,8-9,13H,3,6-7H2,1-2H3,(H,16,17,18). The number of carbonyl (C=O) groups is 1. The molecule has 5 nitrogen and oxygen atoms in total. The molecular weight excluding hydrogens is 252 g/mol. The number of carbonyl (C=O) groups excluding carboxylic acids is 1. The van der Waals surface area contributed by atoms with E-state index < -0.39 is 0 Å². The van der Waals surface area contributed by atoms with Crippen LogP contribution in [0.1, 0.15) is 18.9 Å². The predicted molar refractivity (Wildman–Crippen MR) is 78.6 cm³/mol. The minimum absolute atomic E-state index is 0.159. The van der Waals surface area contributed by atoms with Crippen molar-refractivity contribution < 1.29 is 4.79 Å². The Balaban J connectivity index is 1.92. The van der Waals surface area contributed by atoms with Crippen LogP contribution in [0.2, 0.25) is 0 Å². The molecule has 1 aliphatic heterocycles. The van der Waals surface area contributed by atoms with E-state index in [0.717, 1.165) is 41.8 Å². The maximum absolute atomic E-state index is 12.2. The summed E-state index contributed by atoms with van der Waals surface area (Å²) in [7, 11) is 0. The monoisotopic (exact) mass is 270 g/mol. The van der Waals surface area contributed by atoms with E-state index in [9.17, 15) is 4.79 Å². The normalized spacial score (nSPS) is 18.8. The molecule has 2 aromatic rings. The van der Waals surface area contributed by atoms with Gasteiger partial charge in [0.05, 0.1) is 5.52 Å². The summed E-state index contributed by atoms with van der Waals surface area (Å²) in [6.07, 6.45) is 2.36. The van der Waals surface area contributed by atoms with Crippen LogP contribution in [0.4, 0.5) is 5.82 Å². The van der Waals surface area contributed by atoms with Crippen LogP contribution in [-0.2, 0) is 4.79 Å². The van der Waals surface area contributed by atoms with Gasteiger partial charge in [0.1, 0.15) is 18.2 Å². The molecule has 1 amide bonds. The number of nitrogens with one attached hydrogen (secondary N) is 1. The zero-order valence-corrected chi connectivity index (χ0v) is 11.8. The number of likely N-dealkylation sites (N-methyl/N-ethyl adjacent to an activating group) is 1. The van der Waals surface area contributed by atoms with Gasteiger partial charge in [0.25, 0.3) is 0 Å². The minimum atomic E-state index is -0.173. The number of rotatable bonds is 3. The van der Waals surface area contributed by atoms with E-state index >= 15 is 0 Å². The number of aryl methyl sites for hydroxylation is 1.